The molecular weight excluding hydrogens is 552 g/mol. The number of halogens is 2. The number of likely N-dealkylation sites (tertiary alicyclic amines) is 1. The van der Waals surface area contributed by atoms with Crippen molar-refractivity contribution in [2.45, 2.75) is 83.7 Å². The van der Waals surface area contributed by atoms with Gasteiger partial charge in [-0.3, -0.25) is 19.6 Å². The molecule has 234 valence electrons. The van der Waals surface area contributed by atoms with Crippen molar-refractivity contribution in [3.8, 4) is 0 Å². The highest BCUT2D eigenvalue weighted by Gasteiger charge is 2.43. The van der Waals surface area contributed by atoms with E-state index < -0.39 is 11.8 Å². The van der Waals surface area contributed by atoms with Crippen molar-refractivity contribution < 1.29 is 23.1 Å². The zero-order valence-corrected chi connectivity index (χ0v) is 26.3. The number of fused-ring (bicyclic) bond motifs is 1. The average molecular weight is 598 g/mol. The minimum Gasteiger partial charge on any atom is -0.444 e. The van der Waals surface area contributed by atoms with E-state index in [1.165, 1.54) is 12.1 Å². The SMILES string of the molecule is C[C@@H]1CN(CC(=O)N2CC(C)(C)c3ncc(Cc4ccc(F)cc4)cc32)[C@@H](CN2CCC(F)C2)CN1C(=O)OC(C)(C)C. The third-order valence-electron chi connectivity index (χ3n) is 8.64. The fourth-order valence-corrected chi connectivity index (χ4v) is 6.49. The predicted molar refractivity (Wildman–Crippen MR) is 163 cm³/mol. The molecule has 2 saturated heterocycles. The lowest BCUT2D eigenvalue weighted by Gasteiger charge is -2.46. The molecule has 0 spiro atoms. The highest BCUT2D eigenvalue weighted by molar-refractivity contribution is 5.97. The Labute approximate surface area is 254 Å². The maximum atomic E-state index is 14.1. The standard InChI is InChI=1S/C33H45F2N5O3/c1-22-16-38(27(18-37-12-11-26(35)17-37)19-39(22)31(42)43-32(2,3)4)20-29(41)40-21-33(5,6)30-28(40)14-24(15-36-30)13-23-7-9-25(34)10-8-23/h7-10,14-15,22,26-27H,11-13,16-21H2,1-6H3/t22-,26?,27+/m1/s1. The van der Waals surface area contributed by atoms with Gasteiger partial charge in [0, 0.05) is 63.0 Å². The van der Waals surface area contributed by atoms with Gasteiger partial charge in [-0.25, -0.2) is 13.6 Å². The highest BCUT2D eigenvalue weighted by Crippen LogP contribution is 2.40. The van der Waals surface area contributed by atoms with Crippen LogP contribution in [0.25, 0.3) is 0 Å². The topological polar surface area (TPSA) is 69.2 Å². The molecule has 2 fully saturated rings. The monoisotopic (exact) mass is 597 g/mol. The fraction of sp³-hybridized carbons (Fsp3) is 0.606. The lowest BCUT2D eigenvalue weighted by atomic mass is 9.91. The molecule has 43 heavy (non-hydrogen) atoms. The van der Waals surface area contributed by atoms with Crippen LogP contribution in [-0.4, -0.2) is 101 Å². The molecule has 5 rings (SSSR count). The highest BCUT2D eigenvalue weighted by atomic mass is 19.1. The zero-order valence-electron chi connectivity index (χ0n) is 26.3. The van der Waals surface area contributed by atoms with Gasteiger partial charge in [0.1, 0.15) is 17.6 Å². The van der Waals surface area contributed by atoms with Crippen molar-refractivity contribution in [2.24, 2.45) is 0 Å². The number of ether oxygens (including phenoxy) is 1. The first-order valence-corrected chi connectivity index (χ1v) is 15.3. The van der Waals surface area contributed by atoms with Gasteiger partial charge in [0.2, 0.25) is 5.91 Å². The summed E-state index contributed by atoms with van der Waals surface area (Å²) in [5.74, 6) is -0.302. The molecule has 0 radical (unpaired) electrons. The van der Waals surface area contributed by atoms with E-state index in [0.29, 0.717) is 52.1 Å². The van der Waals surface area contributed by atoms with Gasteiger partial charge in [0.15, 0.2) is 0 Å². The first kappa shape index (κ1) is 31.3. The van der Waals surface area contributed by atoms with Crippen LogP contribution in [0.5, 0.6) is 0 Å². The Morgan fingerprint density at radius 2 is 1.81 bits per heavy atom. The third kappa shape index (κ3) is 7.34. The normalized spacial score (nSPS) is 24.3. The lowest BCUT2D eigenvalue weighted by Crippen LogP contribution is -2.63. The number of hydrogen-bond donors (Lipinski definition) is 0. The number of aromatic nitrogens is 1. The first-order valence-electron chi connectivity index (χ1n) is 15.3. The Morgan fingerprint density at radius 3 is 2.47 bits per heavy atom. The number of nitrogens with zero attached hydrogens (tertiary/aromatic N) is 5. The van der Waals surface area contributed by atoms with Gasteiger partial charge in [0.05, 0.1) is 17.9 Å². The van der Waals surface area contributed by atoms with Gasteiger partial charge in [-0.2, -0.15) is 0 Å². The third-order valence-corrected chi connectivity index (χ3v) is 8.64. The smallest absolute Gasteiger partial charge is 0.410 e. The lowest BCUT2D eigenvalue weighted by molar-refractivity contribution is -0.121. The van der Waals surface area contributed by atoms with Crippen LogP contribution in [0.3, 0.4) is 0 Å². The minimum absolute atomic E-state index is 0.0275. The molecule has 1 unspecified atom stereocenters. The summed E-state index contributed by atoms with van der Waals surface area (Å²) >= 11 is 0. The molecule has 0 N–H and O–H groups in total. The van der Waals surface area contributed by atoms with Gasteiger partial charge in [-0.1, -0.05) is 26.0 Å². The second-order valence-corrected chi connectivity index (χ2v) is 14.1. The average Bonchev–Trinajstić information content (AvgIpc) is 3.44. The molecule has 0 bridgehead atoms. The van der Waals surface area contributed by atoms with E-state index in [1.54, 1.807) is 17.0 Å². The van der Waals surface area contributed by atoms with Gasteiger partial charge >= 0.3 is 6.09 Å². The molecule has 1 aromatic carbocycles. The molecule has 3 atom stereocenters. The molecule has 3 aliphatic heterocycles. The summed E-state index contributed by atoms with van der Waals surface area (Å²) < 4.78 is 33.2. The molecular formula is C33H45F2N5O3. The van der Waals surface area contributed by atoms with Crippen LogP contribution in [0.2, 0.25) is 0 Å². The number of anilines is 1. The summed E-state index contributed by atoms with van der Waals surface area (Å²) in [5.41, 5.74) is 2.69. The van der Waals surface area contributed by atoms with E-state index >= 15 is 0 Å². The minimum atomic E-state index is -0.848. The summed E-state index contributed by atoms with van der Waals surface area (Å²) in [6.07, 6.45) is 1.72. The second kappa shape index (κ2) is 12.1. The first-order chi connectivity index (χ1) is 20.2. The van der Waals surface area contributed by atoms with Crippen LogP contribution in [0.1, 0.15) is 64.8 Å². The van der Waals surface area contributed by atoms with Crippen molar-refractivity contribution in [2.75, 3.05) is 50.7 Å². The number of benzene rings is 1. The van der Waals surface area contributed by atoms with Crippen LogP contribution in [0.4, 0.5) is 19.3 Å². The van der Waals surface area contributed by atoms with Gasteiger partial charge in [-0.15, -0.1) is 0 Å². The van der Waals surface area contributed by atoms with E-state index in [1.807, 2.05) is 44.9 Å². The number of hydrogen-bond acceptors (Lipinski definition) is 6. The molecule has 0 saturated carbocycles. The Balaban J connectivity index is 1.35. The van der Waals surface area contributed by atoms with Crippen molar-refractivity contribution >= 4 is 17.7 Å². The zero-order chi connectivity index (χ0) is 31.1. The fourth-order valence-electron chi connectivity index (χ4n) is 6.49. The molecule has 8 nitrogen and oxygen atoms in total. The Morgan fingerprint density at radius 1 is 1.09 bits per heavy atom. The summed E-state index contributed by atoms with van der Waals surface area (Å²) in [5, 5.41) is 0. The summed E-state index contributed by atoms with van der Waals surface area (Å²) in [7, 11) is 0. The molecule has 10 heteroatoms. The molecule has 2 amide bonds. The molecule has 1 aromatic heterocycles. The molecule has 3 aliphatic rings. The van der Waals surface area contributed by atoms with Crippen LogP contribution >= 0.6 is 0 Å². The van der Waals surface area contributed by atoms with Crippen molar-refractivity contribution in [3.05, 3.63) is 59.2 Å². The maximum absolute atomic E-state index is 14.1. The number of carbonyl (C=O) groups excluding carboxylic acids is 2. The second-order valence-electron chi connectivity index (χ2n) is 14.1. The summed E-state index contributed by atoms with van der Waals surface area (Å²) in [4.78, 5) is 39.8. The number of rotatable bonds is 6. The van der Waals surface area contributed by atoms with E-state index in [2.05, 4.69) is 23.6 Å². The van der Waals surface area contributed by atoms with Crippen LogP contribution in [-0.2, 0) is 21.4 Å². The van der Waals surface area contributed by atoms with Crippen molar-refractivity contribution in [1.82, 2.24) is 19.7 Å². The predicted octanol–water partition coefficient (Wildman–Crippen LogP) is 4.79. The Bertz CT molecular complexity index is 1330. The van der Waals surface area contributed by atoms with E-state index in [4.69, 9.17) is 9.72 Å². The van der Waals surface area contributed by atoms with Crippen LogP contribution in [0.15, 0.2) is 36.5 Å². The largest absolute Gasteiger partial charge is 0.444 e. The maximum Gasteiger partial charge on any atom is 0.410 e. The summed E-state index contributed by atoms with van der Waals surface area (Å²) in [6.45, 7) is 14.9. The number of piperazine rings is 1. The van der Waals surface area contributed by atoms with Crippen molar-refractivity contribution in [1.29, 1.82) is 0 Å². The quantitative estimate of drug-likeness (QED) is 0.477. The number of alkyl halides is 1. The van der Waals surface area contributed by atoms with Gasteiger partial charge in [-0.05, 0) is 69.9 Å². The van der Waals surface area contributed by atoms with E-state index in [-0.39, 0.29) is 41.9 Å². The number of amides is 2. The van der Waals surface area contributed by atoms with E-state index in [9.17, 15) is 18.4 Å². The molecule has 0 aliphatic carbocycles. The Kier molecular flexibility index (Phi) is 8.82. The Hall–Kier alpha value is -3.11. The van der Waals surface area contributed by atoms with Crippen LogP contribution in [0, 0.1) is 5.82 Å². The van der Waals surface area contributed by atoms with Crippen molar-refractivity contribution in [3.63, 3.8) is 0 Å². The number of carbonyl (C=O) groups is 2. The molecule has 2 aromatic rings. The molecule has 4 heterocycles. The number of pyridine rings is 1. The van der Waals surface area contributed by atoms with E-state index in [0.717, 1.165) is 22.5 Å². The van der Waals surface area contributed by atoms with Gasteiger partial charge < -0.3 is 14.5 Å². The summed E-state index contributed by atoms with van der Waals surface area (Å²) in [6, 6.07) is 8.16. The van der Waals surface area contributed by atoms with Crippen LogP contribution < -0.4 is 4.90 Å². The van der Waals surface area contributed by atoms with Gasteiger partial charge in [0.25, 0.3) is 0 Å².